The van der Waals surface area contributed by atoms with Crippen LogP contribution in [0.3, 0.4) is 0 Å². The Hall–Kier alpha value is -2.36. The Labute approximate surface area is 167 Å². The van der Waals surface area contributed by atoms with E-state index in [2.05, 4.69) is 0 Å². The van der Waals surface area contributed by atoms with E-state index < -0.39 is 0 Å². The van der Waals surface area contributed by atoms with Crippen LogP contribution < -0.4 is 0 Å². The molecule has 150 valence electrons. The van der Waals surface area contributed by atoms with Crippen molar-refractivity contribution in [2.24, 2.45) is 0 Å². The first-order valence-electron chi connectivity index (χ1n) is 10.5. The zero-order valence-electron chi connectivity index (χ0n) is 16.6. The molecule has 4 heteroatoms. The Morgan fingerprint density at radius 2 is 1.00 bits per heavy atom. The molecule has 0 heterocycles. The van der Waals surface area contributed by atoms with E-state index >= 15 is 0 Å². The van der Waals surface area contributed by atoms with Crippen LogP contribution in [0.2, 0.25) is 0 Å². The van der Waals surface area contributed by atoms with Gasteiger partial charge in [0.05, 0.1) is 11.1 Å². The van der Waals surface area contributed by atoms with E-state index in [4.69, 9.17) is 9.47 Å². The van der Waals surface area contributed by atoms with Crippen molar-refractivity contribution in [3.8, 4) is 0 Å². The summed E-state index contributed by atoms with van der Waals surface area (Å²) in [6, 6.07) is 6.47. The Balaban J connectivity index is 1.44. The Morgan fingerprint density at radius 1 is 0.643 bits per heavy atom. The van der Waals surface area contributed by atoms with Gasteiger partial charge in [-0.05, 0) is 87.8 Å². The molecule has 0 aromatic heterocycles. The quantitative estimate of drug-likeness (QED) is 0.462. The molecule has 0 amide bonds. The number of hydrogen-bond acceptors (Lipinski definition) is 4. The maximum absolute atomic E-state index is 12.1. The van der Waals surface area contributed by atoms with Crippen molar-refractivity contribution >= 4 is 11.9 Å². The van der Waals surface area contributed by atoms with E-state index in [1.165, 1.54) is 49.7 Å². The van der Waals surface area contributed by atoms with Gasteiger partial charge >= 0.3 is 11.9 Å². The summed E-state index contributed by atoms with van der Waals surface area (Å²) in [7, 11) is 0. The molecule has 3 rings (SSSR count). The van der Waals surface area contributed by atoms with Gasteiger partial charge in [0.1, 0.15) is 13.2 Å². The zero-order chi connectivity index (χ0) is 19.6. The summed E-state index contributed by atoms with van der Waals surface area (Å²) in [4.78, 5) is 24.3. The van der Waals surface area contributed by atoms with Gasteiger partial charge in [-0.1, -0.05) is 24.0 Å². The van der Waals surface area contributed by atoms with Gasteiger partial charge in [0, 0.05) is 0 Å². The van der Waals surface area contributed by atoms with Gasteiger partial charge in [-0.2, -0.15) is 0 Å². The highest BCUT2D eigenvalue weighted by atomic mass is 16.5. The van der Waals surface area contributed by atoms with E-state index in [9.17, 15) is 9.59 Å². The molecule has 0 unspecified atom stereocenters. The molecule has 0 saturated heterocycles. The highest BCUT2D eigenvalue weighted by Gasteiger charge is 2.11. The normalized spacial score (nSPS) is 17.0. The smallest absolute Gasteiger partial charge is 0.338 e. The first-order chi connectivity index (χ1) is 13.7. The summed E-state index contributed by atoms with van der Waals surface area (Å²) >= 11 is 0. The van der Waals surface area contributed by atoms with Crippen LogP contribution in [0.5, 0.6) is 0 Å². The lowest BCUT2D eigenvalue weighted by atomic mass is 9.95. The molecule has 2 aliphatic carbocycles. The Kier molecular flexibility index (Phi) is 7.89. The minimum atomic E-state index is -0.366. The SMILES string of the molecule is O=C(OCC=C1CCCCC1)c1ccc(C(=O)OCC=C2CCCCC2)cc1. The van der Waals surface area contributed by atoms with E-state index in [1.807, 2.05) is 12.2 Å². The largest absolute Gasteiger partial charge is 0.458 e. The molecule has 0 N–H and O–H groups in total. The first-order valence-corrected chi connectivity index (χ1v) is 10.5. The number of carbonyl (C=O) groups excluding carboxylic acids is 2. The molecule has 4 nitrogen and oxygen atoms in total. The van der Waals surface area contributed by atoms with Crippen molar-refractivity contribution in [3.63, 3.8) is 0 Å². The van der Waals surface area contributed by atoms with E-state index in [0.717, 1.165) is 25.7 Å². The van der Waals surface area contributed by atoms with Crippen LogP contribution in [0.15, 0.2) is 47.6 Å². The fourth-order valence-corrected chi connectivity index (χ4v) is 3.80. The van der Waals surface area contributed by atoms with Crippen molar-refractivity contribution < 1.29 is 19.1 Å². The molecular weight excluding hydrogens is 352 g/mol. The van der Waals surface area contributed by atoms with Gasteiger partial charge < -0.3 is 9.47 Å². The fraction of sp³-hybridized carbons (Fsp3) is 0.500. The third kappa shape index (κ3) is 6.36. The molecule has 0 aliphatic heterocycles. The van der Waals surface area contributed by atoms with Crippen LogP contribution in [0.25, 0.3) is 0 Å². The first kappa shape index (κ1) is 20.4. The number of rotatable bonds is 6. The van der Waals surface area contributed by atoms with Gasteiger partial charge in [0.15, 0.2) is 0 Å². The summed E-state index contributed by atoms with van der Waals surface area (Å²) < 4.78 is 10.6. The number of esters is 2. The van der Waals surface area contributed by atoms with E-state index in [-0.39, 0.29) is 11.9 Å². The van der Waals surface area contributed by atoms with Gasteiger partial charge in [-0.15, -0.1) is 0 Å². The average Bonchev–Trinajstić information content (AvgIpc) is 2.75. The third-order valence-corrected chi connectivity index (χ3v) is 5.52. The number of allylic oxidation sites excluding steroid dienone is 2. The maximum Gasteiger partial charge on any atom is 0.338 e. The van der Waals surface area contributed by atoms with E-state index in [1.54, 1.807) is 24.3 Å². The van der Waals surface area contributed by atoms with Crippen molar-refractivity contribution in [1.29, 1.82) is 0 Å². The lowest BCUT2D eigenvalue weighted by Crippen LogP contribution is -2.09. The van der Waals surface area contributed by atoms with Crippen molar-refractivity contribution in [1.82, 2.24) is 0 Å². The Bertz CT molecular complexity index is 648. The Morgan fingerprint density at radius 3 is 1.36 bits per heavy atom. The average molecular weight is 383 g/mol. The maximum atomic E-state index is 12.1. The highest BCUT2D eigenvalue weighted by molar-refractivity contribution is 5.93. The summed E-state index contributed by atoms with van der Waals surface area (Å²) in [5.74, 6) is -0.732. The molecule has 1 aromatic rings. The van der Waals surface area contributed by atoms with Crippen molar-refractivity contribution in [3.05, 3.63) is 58.7 Å². The van der Waals surface area contributed by atoms with Crippen LogP contribution in [0.4, 0.5) is 0 Å². The molecule has 0 radical (unpaired) electrons. The van der Waals surface area contributed by atoms with Crippen molar-refractivity contribution in [2.45, 2.75) is 64.2 Å². The van der Waals surface area contributed by atoms with Gasteiger partial charge in [0.2, 0.25) is 0 Å². The molecule has 0 atom stereocenters. The second-order valence-corrected chi connectivity index (χ2v) is 7.62. The summed E-state index contributed by atoms with van der Waals surface area (Å²) in [5, 5.41) is 0. The second kappa shape index (κ2) is 10.8. The van der Waals surface area contributed by atoms with Crippen LogP contribution in [-0.2, 0) is 9.47 Å². The molecule has 2 saturated carbocycles. The van der Waals surface area contributed by atoms with Crippen LogP contribution in [0, 0.1) is 0 Å². The van der Waals surface area contributed by atoms with Gasteiger partial charge in [-0.3, -0.25) is 0 Å². The number of carbonyl (C=O) groups is 2. The lowest BCUT2D eigenvalue weighted by molar-refractivity contribution is 0.0534. The van der Waals surface area contributed by atoms with E-state index in [0.29, 0.717) is 24.3 Å². The summed E-state index contributed by atoms with van der Waals surface area (Å²) in [5.41, 5.74) is 3.67. The highest BCUT2D eigenvalue weighted by Crippen LogP contribution is 2.23. The van der Waals surface area contributed by atoms with Crippen LogP contribution in [0.1, 0.15) is 84.9 Å². The second-order valence-electron chi connectivity index (χ2n) is 7.62. The van der Waals surface area contributed by atoms with Gasteiger partial charge in [0.25, 0.3) is 0 Å². The fourth-order valence-electron chi connectivity index (χ4n) is 3.80. The summed E-state index contributed by atoms with van der Waals surface area (Å²) in [6.45, 7) is 0.624. The number of benzene rings is 1. The molecular formula is C24H30O4. The molecule has 0 spiro atoms. The lowest BCUT2D eigenvalue weighted by Gasteiger charge is -2.13. The van der Waals surface area contributed by atoms with Crippen molar-refractivity contribution in [2.75, 3.05) is 13.2 Å². The molecule has 1 aromatic carbocycles. The molecule has 0 bridgehead atoms. The third-order valence-electron chi connectivity index (χ3n) is 5.52. The zero-order valence-corrected chi connectivity index (χ0v) is 16.6. The van der Waals surface area contributed by atoms with Crippen LogP contribution in [-0.4, -0.2) is 25.2 Å². The predicted octanol–water partition coefficient (Wildman–Crippen LogP) is 5.78. The molecule has 2 fully saturated rings. The molecule has 28 heavy (non-hydrogen) atoms. The standard InChI is InChI=1S/C24H30O4/c25-23(27-17-15-19-7-3-1-4-8-19)21-11-13-22(14-12-21)24(26)28-18-16-20-9-5-2-6-10-20/h11-16H,1-10,17-18H2. The minimum Gasteiger partial charge on any atom is -0.458 e. The topological polar surface area (TPSA) is 52.6 Å². The monoisotopic (exact) mass is 382 g/mol. The van der Waals surface area contributed by atoms with Crippen LogP contribution >= 0.6 is 0 Å². The predicted molar refractivity (Wildman–Crippen MR) is 109 cm³/mol. The molecule has 2 aliphatic rings. The number of ether oxygens (including phenoxy) is 2. The summed E-state index contributed by atoms with van der Waals surface area (Å²) in [6.07, 6.45) is 16.0. The van der Waals surface area contributed by atoms with Gasteiger partial charge in [-0.25, -0.2) is 9.59 Å². The minimum absolute atomic E-state index is 0.312. The number of hydrogen-bond donors (Lipinski definition) is 0.